The molecule has 0 nitrogen and oxygen atoms in total. The Morgan fingerprint density at radius 2 is 1.44 bits per heavy atom. The molecule has 0 aromatic rings. The van der Waals surface area contributed by atoms with E-state index < -0.39 is 0 Å². The molecule has 2 heteroatoms. The quantitative estimate of drug-likeness (QED) is 0.516. The normalized spacial score (nSPS) is 20.4. The molecule has 0 heterocycles. The Morgan fingerprint density at radius 1 is 0.812 bits per heavy atom. The maximum absolute atomic E-state index is 4.36. The summed E-state index contributed by atoms with van der Waals surface area (Å²) in [6.07, 6.45) is 19.3. The van der Waals surface area contributed by atoms with Crippen molar-refractivity contribution < 1.29 is 0 Å². The van der Waals surface area contributed by atoms with E-state index in [-0.39, 0.29) is 0 Å². The first-order valence-corrected chi connectivity index (χ1v) is 6.40. The molecule has 0 spiro atoms. The van der Waals surface area contributed by atoms with Crippen LogP contribution in [0.25, 0.3) is 0 Å². The van der Waals surface area contributed by atoms with E-state index in [1.165, 1.54) is 16.5 Å². The maximum atomic E-state index is 4.36. The van der Waals surface area contributed by atoms with Crippen LogP contribution in [0.4, 0.5) is 0 Å². The third kappa shape index (κ3) is 3.10. The van der Waals surface area contributed by atoms with E-state index in [0.717, 1.165) is 17.7 Å². The molecular weight excluding hydrogens is 231 g/mol. The summed E-state index contributed by atoms with van der Waals surface area (Å²) in [6, 6.07) is 0. The van der Waals surface area contributed by atoms with E-state index >= 15 is 0 Å². The molecule has 1 atom stereocenters. The van der Waals surface area contributed by atoms with Crippen molar-refractivity contribution in [1.29, 1.82) is 0 Å². The van der Waals surface area contributed by atoms with Crippen LogP contribution in [0.5, 0.6) is 0 Å². The predicted molar refractivity (Wildman–Crippen MR) is 78.5 cm³/mol. The average Bonchev–Trinajstić information content (AvgIpc) is 2.59. The van der Waals surface area contributed by atoms with Crippen LogP contribution in [0.3, 0.4) is 0 Å². The van der Waals surface area contributed by atoms with Crippen LogP contribution in [-0.4, -0.2) is 0 Å². The molecule has 0 aromatic heterocycles. The van der Waals surface area contributed by atoms with Crippen molar-refractivity contribution in [2.24, 2.45) is 0 Å². The van der Waals surface area contributed by atoms with Gasteiger partial charge >= 0.3 is 0 Å². The second kappa shape index (κ2) is 5.52. The predicted octanol–water partition coefficient (Wildman–Crippen LogP) is 4.33. The summed E-state index contributed by atoms with van der Waals surface area (Å²) in [6.45, 7) is 0. The zero-order valence-corrected chi connectivity index (χ0v) is 11.1. The highest BCUT2D eigenvalue weighted by Gasteiger charge is 2.02. The number of hydrogen-bond acceptors (Lipinski definition) is 1. The Kier molecular flexibility index (Phi) is 4.04. The van der Waals surface area contributed by atoms with E-state index in [0.29, 0.717) is 0 Å². The van der Waals surface area contributed by atoms with Crippen LogP contribution in [0.15, 0.2) is 70.0 Å². The van der Waals surface area contributed by atoms with Crippen LogP contribution in [-0.2, 0) is 0 Å². The summed E-state index contributed by atoms with van der Waals surface area (Å²) >= 11 is 4.36. The highest BCUT2D eigenvalue weighted by atomic mass is 32.1. The van der Waals surface area contributed by atoms with Crippen LogP contribution >= 0.6 is 21.9 Å². The van der Waals surface area contributed by atoms with Crippen LogP contribution in [0.1, 0.15) is 12.8 Å². The topological polar surface area (TPSA) is 0 Å². The monoisotopic (exact) mass is 246 g/mol. The molecule has 2 aliphatic carbocycles. The van der Waals surface area contributed by atoms with Crippen molar-refractivity contribution >= 4 is 21.9 Å². The molecular formula is C14H15PS. The fraction of sp³-hybridized carbons (Fsp3) is 0.143. The number of thiol groups is 1. The summed E-state index contributed by atoms with van der Waals surface area (Å²) in [5.41, 5.74) is 2.58. The van der Waals surface area contributed by atoms with E-state index in [4.69, 9.17) is 0 Å². The molecule has 2 aliphatic rings. The van der Waals surface area contributed by atoms with Gasteiger partial charge in [-0.05, 0) is 35.4 Å². The van der Waals surface area contributed by atoms with Crippen molar-refractivity contribution in [3.05, 3.63) is 70.0 Å². The van der Waals surface area contributed by atoms with Crippen LogP contribution in [0, 0.1) is 0 Å². The highest BCUT2D eigenvalue weighted by molar-refractivity contribution is 7.84. The fourth-order valence-corrected chi connectivity index (χ4v) is 2.10. The lowest BCUT2D eigenvalue weighted by Crippen LogP contribution is -1.82. The molecule has 0 aromatic carbocycles. The van der Waals surface area contributed by atoms with Gasteiger partial charge in [0.15, 0.2) is 0 Å². The Balaban J connectivity index is 2.21. The molecule has 0 N–H and O–H groups in total. The van der Waals surface area contributed by atoms with Crippen LogP contribution < -0.4 is 0 Å². The number of hydrogen-bond donors (Lipinski definition) is 1. The molecule has 0 bridgehead atoms. The van der Waals surface area contributed by atoms with Gasteiger partial charge in [0.1, 0.15) is 0 Å². The summed E-state index contributed by atoms with van der Waals surface area (Å²) in [5, 5.41) is 1.25. The van der Waals surface area contributed by atoms with E-state index in [9.17, 15) is 0 Å². The van der Waals surface area contributed by atoms with Gasteiger partial charge in [0, 0.05) is 4.91 Å². The molecule has 0 amide bonds. The van der Waals surface area contributed by atoms with Crippen molar-refractivity contribution in [1.82, 2.24) is 0 Å². The van der Waals surface area contributed by atoms with Crippen LogP contribution in [0.2, 0.25) is 0 Å². The van der Waals surface area contributed by atoms with Crippen molar-refractivity contribution in [3.63, 3.8) is 0 Å². The Hall–Kier alpha value is -0.780. The zero-order chi connectivity index (χ0) is 11.4. The van der Waals surface area contributed by atoms with Gasteiger partial charge in [-0.3, -0.25) is 0 Å². The molecule has 16 heavy (non-hydrogen) atoms. The average molecular weight is 246 g/mol. The summed E-state index contributed by atoms with van der Waals surface area (Å²) in [5.74, 6) is 0. The first-order valence-electron chi connectivity index (χ1n) is 5.37. The lowest BCUT2D eigenvalue weighted by molar-refractivity contribution is 1.32. The highest BCUT2D eigenvalue weighted by Crippen LogP contribution is 2.24. The van der Waals surface area contributed by atoms with Gasteiger partial charge in [-0.15, -0.1) is 21.9 Å². The summed E-state index contributed by atoms with van der Waals surface area (Å²) in [7, 11) is 2.74. The lowest BCUT2D eigenvalue weighted by atomic mass is 10.0. The zero-order valence-electron chi connectivity index (χ0n) is 9.06. The first-order chi connectivity index (χ1) is 7.75. The fourth-order valence-electron chi connectivity index (χ4n) is 1.69. The Morgan fingerprint density at radius 3 is 2.19 bits per heavy atom. The largest absolute Gasteiger partial charge is 0.144 e. The van der Waals surface area contributed by atoms with Gasteiger partial charge in [0.05, 0.1) is 0 Å². The third-order valence-corrected chi connectivity index (χ3v) is 3.34. The molecule has 82 valence electrons. The van der Waals surface area contributed by atoms with Gasteiger partial charge in [-0.25, -0.2) is 0 Å². The second-order valence-corrected chi connectivity index (χ2v) is 4.97. The molecule has 0 fully saturated rings. The van der Waals surface area contributed by atoms with Gasteiger partial charge in [-0.2, -0.15) is 0 Å². The second-order valence-electron chi connectivity index (χ2n) is 3.79. The molecule has 0 saturated carbocycles. The minimum absolute atomic E-state index is 0.952. The van der Waals surface area contributed by atoms with Crippen molar-refractivity contribution in [3.8, 4) is 0 Å². The first kappa shape index (κ1) is 11.7. The van der Waals surface area contributed by atoms with Gasteiger partial charge in [0.25, 0.3) is 0 Å². The molecule has 2 rings (SSSR count). The van der Waals surface area contributed by atoms with Crippen molar-refractivity contribution in [2.45, 2.75) is 12.8 Å². The molecule has 1 unspecified atom stereocenters. The van der Waals surface area contributed by atoms with Gasteiger partial charge < -0.3 is 0 Å². The number of rotatable bonds is 1. The number of allylic oxidation sites excluding steroid dienone is 11. The minimum atomic E-state index is 0.952. The van der Waals surface area contributed by atoms with Gasteiger partial charge in [-0.1, -0.05) is 42.5 Å². The van der Waals surface area contributed by atoms with Gasteiger partial charge in [0.2, 0.25) is 0 Å². The maximum Gasteiger partial charge on any atom is 0.000334 e. The summed E-state index contributed by atoms with van der Waals surface area (Å²) < 4.78 is 0. The Labute approximate surface area is 105 Å². The Bertz CT molecular complexity index is 415. The lowest BCUT2D eigenvalue weighted by Gasteiger charge is -2.01. The van der Waals surface area contributed by atoms with E-state index in [1.807, 2.05) is 0 Å². The minimum Gasteiger partial charge on any atom is -0.144 e. The SMILES string of the molecule is PC1=CCC=C(C2=CCC=C(S)C=C2)C=C1. The van der Waals surface area contributed by atoms with E-state index in [1.54, 1.807) is 0 Å². The van der Waals surface area contributed by atoms with E-state index in [2.05, 4.69) is 70.5 Å². The molecule has 0 aliphatic heterocycles. The van der Waals surface area contributed by atoms with Crippen molar-refractivity contribution in [2.75, 3.05) is 0 Å². The standard InChI is InChI=1S/C14H15PS/c15-13-5-1-3-11(7-9-13)12-4-2-6-14(16)10-8-12/h3-10,16H,1-2,15H2. The third-order valence-electron chi connectivity index (χ3n) is 2.58. The molecule has 0 radical (unpaired) electrons. The smallest absolute Gasteiger partial charge is 0.000334 e. The summed E-state index contributed by atoms with van der Waals surface area (Å²) in [4.78, 5) is 1.04. The molecule has 0 saturated heterocycles.